The summed E-state index contributed by atoms with van der Waals surface area (Å²) in [6.07, 6.45) is 1.72. The predicted octanol–water partition coefficient (Wildman–Crippen LogP) is 3.71. The Hall–Kier alpha value is -4.05. The molecule has 10 nitrogen and oxygen atoms in total. The minimum absolute atomic E-state index is 0.0227. The summed E-state index contributed by atoms with van der Waals surface area (Å²) in [7, 11) is 0. The molecule has 4 aromatic rings. The lowest BCUT2D eigenvalue weighted by atomic mass is 9.98. The molecule has 1 fully saturated rings. The molecular weight excluding hydrogens is 478 g/mol. The van der Waals surface area contributed by atoms with Crippen LogP contribution in [-0.2, 0) is 16.1 Å². The molecule has 0 amide bonds. The standard InChI is InChI=1S/C27H27N3O7/c31-23(14-18(27(33)34)7-10-30-26(32)21-3-1-2-4-22(21)28-29-30)25-15-19-13-20(5-6-24(19)37-25)36-16-17-8-11-35-12-9-17/h1-6,13,15,17-18H,7-12,14,16H2,(H,33,34). The first kappa shape index (κ1) is 24.6. The van der Waals surface area contributed by atoms with E-state index in [0.29, 0.717) is 40.1 Å². The monoisotopic (exact) mass is 505 g/mol. The molecule has 1 N–H and O–H groups in total. The summed E-state index contributed by atoms with van der Waals surface area (Å²) in [4.78, 5) is 37.4. The van der Waals surface area contributed by atoms with Crippen molar-refractivity contribution in [2.45, 2.75) is 32.2 Å². The third-order valence-corrected chi connectivity index (χ3v) is 6.69. The second-order valence-corrected chi connectivity index (χ2v) is 9.26. The highest BCUT2D eigenvalue weighted by molar-refractivity contribution is 5.99. The number of carbonyl (C=O) groups excluding carboxylic acids is 1. The van der Waals surface area contributed by atoms with Gasteiger partial charge in [0.05, 0.1) is 17.9 Å². The van der Waals surface area contributed by atoms with E-state index in [1.165, 1.54) is 0 Å². The third-order valence-electron chi connectivity index (χ3n) is 6.69. The van der Waals surface area contributed by atoms with Crippen LogP contribution in [0.2, 0.25) is 0 Å². The summed E-state index contributed by atoms with van der Waals surface area (Å²) in [6, 6.07) is 13.8. The molecule has 192 valence electrons. The Kier molecular flexibility index (Phi) is 7.27. The molecule has 37 heavy (non-hydrogen) atoms. The van der Waals surface area contributed by atoms with E-state index < -0.39 is 17.7 Å². The summed E-state index contributed by atoms with van der Waals surface area (Å²) in [5.74, 6) is -1.34. The summed E-state index contributed by atoms with van der Waals surface area (Å²) in [5, 5.41) is 18.7. The van der Waals surface area contributed by atoms with Crippen LogP contribution in [0.15, 0.2) is 57.7 Å². The minimum atomic E-state index is -1.13. The smallest absolute Gasteiger partial charge is 0.307 e. The highest BCUT2D eigenvalue weighted by Crippen LogP contribution is 2.27. The maximum atomic E-state index is 12.9. The number of benzene rings is 2. The summed E-state index contributed by atoms with van der Waals surface area (Å²) >= 11 is 0. The average molecular weight is 506 g/mol. The van der Waals surface area contributed by atoms with Crippen LogP contribution < -0.4 is 10.3 Å². The summed E-state index contributed by atoms with van der Waals surface area (Å²) in [5.41, 5.74) is 0.635. The van der Waals surface area contributed by atoms with Crippen molar-refractivity contribution in [3.05, 3.63) is 64.6 Å². The van der Waals surface area contributed by atoms with E-state index in [1.807, 2.05) is 6.07 Å². The number of carbonyl (C=O) groups is 2. The van der Waals surface area contributed by atoms with Crippen LogP contribution in [0.25, 0.3) is 21.9 Å². The molecule has 5 rings (SSSR count). The molecule has 1 saturated heterocycles. The Morgan fingerprint density at radius 3 is 2.76 bits per heavy atom. The van der Waals surface area contributed by atoms with Crippen molar-refractivity contribution in [1.29, 1.82) is 0 Å². The molecule has 0 bridgehead atoms. The van der Waals surface area contributed by atoms with E-state index >= 15 is 0 Å². The van der Waals surface area contributed by atoms with Gasteiger partial charge >= 0.3 is 5.97 Å². The number of aromatic nitrogens is 3. The van der Waals surface area contributed by atoms with E-state index in [-0.39, 0.29) is 30.7 Å². The van der Waals surface area contributed by atoms with E-state index in [0.717, 1.165) is 30.7 Å². The predicted molar refractivity (Wildman–Crippen MR) is 134 cm³/mol. The first-order valence-electron chi connectivity index (χ1n) is 12.3. The van der Waals surface area contributed by atoms with Crippen LogP contribution in [0.1, 0.15) is 36.2 Å². The Morgan fingerprint density at radius 2 is 1.95 bits per heavy atom. The number of ether oxygens (including phenoxy) is 2. The minimum Gasteiger partial charge on any atom is -0.493 e. The van der Waals surface area contributed by atoms with Gasteiger partial charge in [-0.3, -0.25) is 14.4 Å². The number of aryl methyl sites for hydroxylation is 1. The van der Waals surface area contributed by atoms with Gasteiger partial charge in [-0.1, -0.05) is 17.3 Å². The first-order valence-corrected chi connectivity index (χ1v) is 12.3. The van der Waals surface area contributed by atoms with E-state index in [1.54, 1.807) is 42.5 Å². The zero-order valence-electron chi connectivity index (χ0n) is 20.2. The Labute approximate surface area is 211 Å². The van der Waals surface area contributed by atoms with Gasteiger partial charge in [-0.15, -0.1) is 5.10 Å². The lowest BCUT2D eigenvalue weighted by Crippen LogP contribution is -2.27. The number of hydrogen-bond acceptors (Lipinski definition) is 8. The second kappa shape index (κ2) is 10.9. The SMILES string of the molecule is O=C(CC(CCn1nnc2ccccc2c1=O)C(=O)O)c1cc2cc(OCC3CCOCC3)ccc2o1. The molecule has 2 aromatic carbocycles. The average Bonchev–Trinajstić information content (AvgIpc) is 3.35. The van der Waals surface area contributed by atoms with Crippen molar-refractivity contribution >= 4 is 33.6 Å². The quantitative estimate of drug-likeness (QED) is 0.320. The van der Waals surface area contributed by atoms with Gasteiger partial charge in [-0.25, -0.2) is 4.68 Å². The van der Waals surface area contributed by atoms with Crippen LogP contribution >= 0.6 is 0 Å². The molecule has 2 aromatic heterocycles. The molecular formula is C27H27N3O7. The van der Waals surface area contributed by atoms with Crippen molar-refractivity contribution in [3.63, 3.8) is 0 Å². The summed E-state index contributed by atoms with van der Waals surface area (Å²) in [6.45, 7) is 2.13. The molecule has 0 aliphatic carbocycles. The van der Waals surface area contributed by atoms with Crippen LogP contribution in [-0.4, -0.2) is 51.7 Å². The van der Waals surface area contributed by atoms with E-state index in [4.69, 9.17) is 13.9 Å². The number of rotatable bonds is 10. The van der Waals surface area contributed by atoms with Gasteiger partial charge in [0, 0.05) is 31.6 Å². The topological polar surface area (TPSA) is 134 Å². The van der Waals surface area contributed by atoms with Gasteiger partial charge in [0.25, 0.3) is 5.56 Å². The fraction of sp³-hybridized carbons (Fsp3) is 0.370. The fourth-order valence-corrected chi connectivity index (χ4v) is 4.46. The largest absolute Gasteiger partial charge is 0.493 e. The van der Waals surface area contributed by atoms with Crippen LogP contribution in [0.4, 0.5) is 0 Å². The number of Topliss-reactive ketones (excluding diaryl/α,β-unsaturated/α-hetero) is 1. The maximum Gasteiger partial charge on any atom is 0.307 e. The van der Waals surface area contributed by atoms with Gasteiger partial charge in [0.15, 0.2) is 11.5 Å². The zero-order chi connectivity index (χ0) is 25.8. The highest BCUT2D eigenvalue weighted by atomic mass is 16.5. The number of carboxylic acid groups (broad SMARTS) is 1. The van der Waals surface area contributed by atoms with Crippen LogP contribution in [0, 0.1) is 11.8 Å². The van der Waals surface area contributed by atoms with Gasteiger partial charge in [-0.2, -0.15) is 0 Å². The van der Waals surface area contributed by atoms with Crippen molar-refractivity contribution in [1.82, 2.24) is 15.0 Å². The van der Waals surface area contributed by atoms with Gasteiger partial charge in [0.2, 0.25) is 0 Å². The lowest BCUT2D eigenvalue weighted by molar-refractivity contribution is -0.142. The Balaban J connectivity index is 1.23. The van der Waals surface area contributed by atoms with E-state index in [2.05, 4.69) is 10.3 Å². The molecule has 0 radical (unpaired) electrons. The highest BCUT2D eigenvalue weighted by Gasteiger charge is 2.25. The van der Waals surface area contributed by atoms with Crippen molar-refractivity contribution in [3.8, 4) is 5.75 Å². The summed E-state index contributed by atoms with van der Waals surface area (Å²) < 4.78 is 18.1. The molecule has 0 spiro atoms. The number of hydrogen-bond donors (Lipinski definition) is 1. The Morgan fingerprint density at radius 1 is 1.14 bits per heavy atom. The molecule has 1 aliphatic heterocycles. The van der Waals surface area contributed by atoms with Gasteiger partial charge in [-0.05, 0) is 61.6 Å². The zero-order valence-corrected chi connectivity index (χ0v) is 20.2. The van der Waals surface area contributed by atoms with Crippen molar-refractivity contribution < 1.29 is 28.6 Å². The molecule has 1 aliphatic rings. The number of aliphatic carboxylic acids is 1. The maximum absolute atomic E-state index is 12.9. The number of ketones is 1. The fourth-order valence-electron chi connectivity index (χ4n) is 4.46. The van der Waals surface area contributed by atoms with E-state index in [9.17, 15) is 19.5 Å². The van der Waals surface area contributed by atoms with Crippen molar-refractivity contribution in [2.75, 3.05) is 19.8 Å². The van der Waals surface area contributed by atoms with Gasteiger partial charge in [0.1, 0.15) is 16.8 Å². The number of furan rings is 1. The Bertz CT molecular complexity index is 1490. The van der Waals surface area contributed by atoms with Crippen LogP contribution in [0.5, 0.6) is 5.75 Å². The molecule has 10 heteroatoms. The molecule has 1 atom stereocenters. The van der Waals surface area contributed by atoms with Gasteiger partial charge < -0.3 is 19.0 Å². The second-order valence-electron chi connectivity index (χ2n) is 9.26. The lowest BCUT2D eigenvalue weighted by Gasteiger charge is -2.22. The molecule has 3 heterocycles. The number of fused-ring (bicyclic) bond motifs is 2. The molecule has 1 unspecified atom stereocenters. The first-order chi connectivity index (χ1) is 18.0. The van der Waals surface area contributed by atoms with Crippen molar-refractivity contribution in [2.24, 2.45) is 11.8 Å². The normalized spacial score (nSPS) is 15.1. The van der Waals surface area contributed by atoms with Crippen LogP contribution in [0.3, 0.4) is 0 Å². The third kappa shape index (κ3) is 5.69. The number of nitrogens with zero attached hydrogens (tertiary/aromatic N) is 3. The number of carboxylic acids is 1. The molecule has 0 saturated carbocycles.